The Morgan fingerprint density at radius 3 is 2.62 bits per heavy atom. The summed E-state index contributed by atoms with van der Waals surface area (Å²) in [5.74, 6) is -0.122. The summed E-state index contributed by atoms with van der Waals surface area (Å²) in [7, 11) is 0. The van der Waals surface area contributed by atoms with Crippen LogP contribution in [0.3, 0.4) is 0 Å². The minimum absolute atomic E-state index is 0.122. The van der Waals surface area contributed by atoms with Crippen molar-refractivity contribution in [1.29, 1.82) is 5.26 Å². The van der Waals surface area contributed by atoms with E-state index >= 15 is 0 Å². The summed E-state index contributed by atoms with van der Waals surface area (Å²) in [4.78, 5) is 11.8. The molecule has 0 atom stereocenters. The molecule has 0 saturated carbocycles. The molecule has 0 aliphatic rings. The second-order valence-corrected chi connectivity index (χ2v) is 5.24. The van der Waals surface area contributed by atoms with Gasteiger partial charge in [0.05, 0.1) is 17.8 Å². The molecule has 4 nitrogen and oxygen atoms in total. The number of carbonyl (C=O) groups is 1. The van der Waals surface area contributed by atoms with E-state index in [1.54, 1.807) is 12.1 Å². The summed E-state index contributed by atoms with van der Waals surface area (Å²) in [6.07, 6.45) is 0. The van der Waals surface area contributed by atoms with Gasteiger partial charge in [0.2, 0.25) is 5.91 Å². The van der Waals surface area contributed by atoms with Crippen molar-refractivity contribution in [2.75, 3.05) is 11.9 Å². The van der Waals surface area contributed by atoms with Crippen LogP contribution in [0.15, 0.2) is 53.0 Å². The molecule has 0 fully saturated rings. The topological polar surface area (TPSA) is 64.9 Å². The molecule has 0 aromatic heterocycles. The largest absolute Gasteiger partial charge is 0.375 e. The summed E-state index contributed by atoms with van der Waals surface area (Å²) in [5.41, 5.74) is 2.18. The zero-order valence-electron chi connectivity index (χ0n) is 11.3. The Balaban J connectivity index is 1.87. The number of amides is 1. The van der Waals surface area contributed by atoms with Gasteiger partial charge in [-0.05, 0) is 33.6 Å². The number of anilines is 1. The Hall–Kier alpha value is -2.32. The summed E-state index contributed by atoms with van der Waals surface area (Å²) >= 11 is 3.31. The maximum absolute atomic E-state index is 11.8. The van der Waals surface area contributed by atoms with Gasteiger partial charge in [-0.1, -0.05) is 36.4 Å². The summed E-state index contributed by atoms with van der Waals surface area (Å²) in [6, 6.07) is 17.2. The van der Waals surface area contributed by atoms with Crippen LogP contribution >= 0.6 is 15.9 Å². The third-order valence-corrected chi connectivity index (χ3v) is 3.56. The fraction of sp³-hybridized carbons (Fsp3) is 0.125. The van der Waals surface area contributed by atoms with Crippen molar-refractivity contribution in [1.82, 2.24) is 5.32 Å². The Bertz CT molecular complexity index is 665. The van der Waals surface area contributed by atoms with Crippen molar-refractivity contribution in [2.24, 2.45) is 0 Å². The summed E-state index contributed by atoms with van der Waals surface area (Å²) < 4.78 is 0.708. The Morgan fingerprint density at radius 2 is 1.90 bits per heavy atom. The molecule has 0 bridgehead atoms. The molecule has 0 spiro atoms. The molecule has 21 heavy (non-hydrogen) atoms. The van der Waals surface area contributed by atoms with E-state index in [1.165, 1.54) is 0 Å². The molecular weight excluding hydrogens is 330 g/mol. The standard InChI is InChI=1S/C16H14BrN3O/c17-14-7-4-8-15(13(14)9-18)19-11-16(21)20-10-12-5-2-1-3-6-12/h1-8,19H,10-11H2,(H,20,21). The van der Waals surface area contributed by atoms with E-state index in [0.29, 0.717) is 22.3 Å². The van der Waals surface area contributed by atoms with Crippen molar-refractivity contribution >= 4 is 27.5 Å². The number of nitriles is 1. The highest BCUT2D eigenvalue weighted by Crippen LogP contribution is 2.23. The van der Waals surface area contributed by atoms with Gasteiger partial charge in [-0.3, -0.25) is 4.79 Å². The van der Waals surface area contributed by atoms with E-state index < -0.39 is 0 Å². The number of halogens is 1. The van der Waals surface area contributed by atoms with Crippen molar-refractivity contribution in [3.63, 3.8) is 0 Å². The number of hydrogen-bond acceptors (Lipinski definition) is 3. The molecule has 0 radical (unpaired) electrons. The number of benzene rings is 2. The van der Waals surface area contributed by atoms with E-state index in [0.717, 1.165) is 5.56 Å². The van der Waals surface area contributed by atoms with Crippen LogP contribution in [-0.4, -0.2) is 12.5 Å². The molecule has 106 valence electrons. The molecule has 0 unspecified atom stereocenters. The van der Waals surface area contributed by atoms with Gasteiger partial charge in [-0.2, -0.15) is 5.26 Å². The van der Waals surface area contributed by atoms with Crippen molar-refractivity contribution in [3.8, 4) is 6.07 Å². The third kappa shape index (κ3) is 4.33. The smallest absolute Gasteiger partial charge is 0.239 e. The van der Waals surface area contributed by atoms with Crippen LogP contribution in [0.2, 0.25) is 0 Å². The maximum Gasteiger partial charge on any atom is 0.239 e. The number of hydrogen-bond donors (Lipinski definition) is 2. The third-order valence-electron chi connectivity index (χ3n) is 2.90. The first-order valence-corrected chi connectivity index (χ1v) is 7.23. The molecule has 2 aromatic carbocycles. The first-order chi connectivity index (χ1) is 10.2. The highest BCUT2D eigenvalue weighted by atomic mass is 79.9. The number of nitrogens with zero attached hydrogens (tertiary/aromatic N) is 1. The first kappa shape index (κ1) is 15.1. The fourth-order valence-corrected chi connectivity index (χ4v) is 2.27. The molecule has 1 amide bonds. The molecular formula is C16H14BrN3O. The van der Waals surface area contributed by atoms with Crippen molar-refractivity contribution in [2.45, 2.75) is 6.54 Å². The van der Waals surface area contributed by atoms with E-state index in [-0.39, 0.29) is 12.5 Å². The fourth-order valence-electron chi connectivity index (χ4n) is 1.82. The lowest BCUT2D eigenvalue weighted by Crippen LogP contribution is -2.29. The van der Waals surface area contributed by atoms with E-state index in [4.69, 9.17) is 5.26 Å². The minimum atomic E-state index is -0.122. The predicted molar refractivity (Wildman–Crippen MR) is 85.6 cm³/mol. The molecule has 0 aliphatic heterocycles. The number of rotatable bonds is 5. The molecule has 0 aliphatic carbocycles. The van der Waals surface area contributed by atoms with Crippen LogP contribution in [0.5, 0.6) is 0 Å². The van der Waals surface area contributed by atoms with Gasteiger partial charge in [-0.15, -0.1) is 0 Å². The van der Waals surface area contributed by atoms with E-state index in [1.807, 2.05) is 36.4 Å². The summed E-state index contributed by atoms with van der Waals surface area (Å²) in [5, 5.41) is 14.9. The van der Waals surface area contributed by atoms with Gasteiger partial charge in [0.1, 0.15) is 6.07 Å². The highest BCUT2D eigenvalue weighted by molar-refractivity contribution is 9.10. The summed E-state index contributed by atoms with van der Waals surface area (Å²) in [6.45, 7) is 0.614. The molecule has 5 heteroatoms. The van der Waals surface area contributed by atoms with Crippen LogP contribution in [-0.2, 0) is 11.3 Å². The van der Waals surface area contributed by atoms with Crippen LogP contribution < -0.4 is 10.6 Å². The lowest BCUT2D eigenvalue weighted by atomic mass is 10.2. The Kier molecular flexibility index (Phi) is 5.35. The Morgan fingerprint density at radius 1 is 1.14 bits per heavy atom. The molecule has 2 N–H and O–H groups in total. The molecule has 0 saturated heterocycles. The van der Waals surface area contributed by atoms with Gasteiger partial charge in [0.15, 0.2) is 0 Å². The van der Waals surface area contributed by atoms with Gasteiger partial charge in [0.25, 0.3) is 0 Å². The number of carbonyl (C=O) groups excluding carboxylic acids is 1. The maximum atomic E-state index is 11.8. The van der Waals surface area contributed by atoms with Crippen LogP contribution in [0.4, 0.5) is 5.69 Å². The lowest BCUT2D eigenvalue weighted by molar-refractivity contribution is -0.119. The SMILES string of the molecule is N#Cc1c(Br)cccc1NCC(=O)NCc1ccccc1. The van der Waals surface area contributed by atoms with E-state index in [9.17, 15) is 4.79 Å². The molecule has 2 aromatic rings. The van der Waals surface area contributed by atoms with Gasteiger partial charge in [-0.25, -0.2) is 0 Å². The molecule has 2 rings (SSSR count). The van der Waals surface area contributed by atoms with Crippen molar-refractivity contribution in [3.05, 3.63) is 64.1 Å². The average Bonchev–Trinajstić information content (AvgIpc) is 2.52. The van der Waals surface area contributed by atoms with Gasteiger partial charge in [0, 0.05) is 11.0 Å². The van der Waals surface area contributed by atoms with Crippen LogP contribution in [0.1, 0.15) is 11.1 Å². The van der Waals surface area contributed by atoms with Crippen LogP contribution in [0.25, 0.3) is 0 Å². The second kappa shape index (κ2) is 7.46. The van der Waals surface area contributed by atoms with Gasteiger partial charge >= 0.3 is 0 Å². The normalized spacial score (nSPS) is 9.71. The predicted octanol–water partition coefficient (Wildman–Crippen LogP) is 3.05. The molecule has 0 heterocycles. The zero-order chi connectivity index (χ0) is 15.1. The highest BCUT2D eigenvalue weighted by Gasteiger charge is 2.07. The quantitative estimate of drug-likeness (QED) is 0.876. The number of nitrogens with one attached hydrogen (secondary N) is 2. The zero-order valence-corrected chi connectivity index (χ0v) is 12.9. The first-order valence-electron chi connectivity index (χ1n) is 6.44. The average molecular weight is 344 g/mol. The van der Waals surface area contributed by atoms with E-state index in [2.05, 4.69) is 32.6 Å². The monoisotopic (exact) mass is 343 g/mol. The minimum Gasteiger partial charge on any atom is -0.375 e. The lowest BCUT2D eigenvalue weighted by Gasteiger charge is -2.10. The van der Waals surface area contributed by atoms with Crippen molar-refractivity contribution < 1.29 is 4.79 Å². The Labute approximate surface area is 131 Å². The second-order valence-electron chi connectivity index (χ2n) is 4.39. The van der Waals surface area contributed by atoms with Gasteiger partial charge < -0.3 is 10.6 Å². The van der Waals surface area contributed by atoms with Crippen LogP contribution in [0, 0.1) is 11.3 Å².